The SMILES string of the molecule is CC[C@@H](C)C(=O)N1CCN(c2ncccc2-c2nnc(C(C)C)o2)CC1. The molecule has 1 aliphatic rings. The van der Waals surface area contributed by atoms with Gasteiger partial charge >= 0.3 is 0 Å². The maximum Gasteiger partial charge on any atom is 0.251 e. The summed E-state index contributed by atoms with van der Waals surface area (Å²) >= 11 is 0. The van der Waals surface area contributed by atoms with Gasteiger partial charge in [-0.2, -0.15) is 0 Å². The Kier molecular flexibility index (Phi) is 5.54. The van der Waals surface area contributed by atoms with Crippen LogP contribution in [0.3, 0.4) is 0 Å². The van der Waals surface area contributed by atoms with E-state index in [4.69, 9.17) is 4.42 Å². The summed E-state index contributed by atoms with van der Waals surface area (Å²) in [5, 5.41) is 8.32. The minimum atomic E-state index is 0.0832. The summed E-state index contributed by atoms with van der Waals surface area (Å²) in [5.41, 5.74) is 0.841. The summed E-state index contributed by atoms with van der Waals surface area (Å²) in [7, 11) is 0. The molecule has 3 rings (SSSR count). The van der Waals surface area contributed by atoms with Crippen molar-refractivity contribution in [3.8, 4) is 11.5 Å². The zero-order chi connectivity index (χ0) is 18.7. The maximum atomic E-state index is 12.4. The van der Waals surface area contributed by atoms with E-state index in [-0.39, 0.29) is 17.7 Å². The zero-order valence-corrected chi connectivity index (χ0v) is 16.0. The molecule has 0 unspecified atom stereocenters. The molecule has 140 valence electrons. The third-order valence-corrected chi connectivity index (χ3v) is 4.88. The quantitative estimate of drug-likeness (QED) is 0.819. The highest BCUT2D eigenvalue weighted by molar-refractivity contribution is 5.79. The van der Waals surface area contributed by atoms with Gasteiger partial charge in [0.2, 0.25) is 11.8 Å². The van der Waals surface area contributed by atoms with Crippen LogP contribution >= 0.6 is 0 Å². The fourth-order valence-electron chi connectivity index (χ4n) is 3.02. The molecule has 1 amide bonds. The molecule has 7 nitrogen and oxygen atoms in total. The van der Waals surface area contributed by atoms with Crippen molar-refractivity contribution in [2.45, 2.75) is 40.0 Å². The molecule has 0 saturated carbocycles. The van der Waals surface area contributed by atoms with Crippen LogP contribution in [0.4, 0.5) is 5.82 Å². The van der Waals surface area contributed by atoms with E-state index >= 15 is 0 Å². The molecule has 2 aromatic heterocycles. The molecule has 7 heteroatoms. The standard InChI is InChI=1S/C19H27N5O2/c1-5-14(4)19(25)24-11-9-23(10-12-24)16-15(7-6-8-20-16)18-22-21-17(26-18)13(2)3/h6-8,13-14H,5,9-12H2,1-4H3/t14-/m1/s1. The first-order chi connectivity index (χ1) is 12.5. The van der Waals surface area contributed by atoms with Crippen molar-refractivity contribution in [3.63, 3.8) is 0 Å². The second-order valence-electron chi connectivity index (χ2n) is 7.10. The third kappa shape index (κ3) is 3.71. The molecule has 1 fully saturated rings. The van der Waals surface area contributed by atoms with E-state index in [9.17, 15) is 4.79 Å². The zero-order valence-electron chi connectivity index (χ0n) is 16.0. The molecule has 0 bridgehead atoms. The van der Waals surface area contributed by atoms with Gasteiger partial charge in [0.1, 0.15) is 5.82 Å². The van der Waals surface area contributed by atoms with Crippen molar-refractivity contribution in [2.24, 2.45) is 5.92 Å². The van der Waals surface area contributed by atoms with Gasteiger partial charge in [0.05, 0.1) is 5.56 Å². The minimum Gasteiger partial charge on any atom is -0.420 e. The predicted octanol–water partition coefficient (Wildman–Crippen LogP) is 2.95. The largest absolute Gasteiger partial charge is 0.420 e. The monoisotopic (exact) mass is 357 g/mol. The van der Waals surface area contributed by atoms with Crippen LogP contribution < -0.4 is 4.90 Å². The van der Waals surface area contributed by atoms with Gasteiger partial charge in [-0.25, -0.2) is 4.98 Å². The van der Waals surface area contributed by atoms with Crippen molar-refractivity contribution in [2.75, 3.05) is 31.1 Å². The van der Waals surface area contributed by atoms with Gasteiger partial charge in [0, 0.05) is 44.2 Å². The number of rotatable bonds is 5. The number of hydrogen-bond acceptors (Lipinski definition) is 6. The van der Waals surface area contributed by atoms with E-state index in [1.165, 1.54) is 0 Å². The summed E-state index contributed by atoms with van der Waals surface area (Å²) < 4.78 is 5.81. The van der Waals surface area contributed by atoms with Crippen molar-refractivity contribution in [1.29, 1.82) is 0 Å². The molecular formula is C19H27N5O2. The number of anilines is 1. The van der Waals surface area contributed by atoms with Crippen molar-refractivity contribution >= 4 is 11.7 Å². The van der Waals surface area contributed by atoms with Gasteiger partial charge in [-0.15, -0.1) is 10.2 Å². The second-order valence-corrected chi connectivity index (χ2v) is 7.10. The number of carbonyl (C=O) groups excluding carboxylic acids is 1. The molecule has 0 N–H and O–H groups in total. The Morgan fingerprint density at radius 3 is 2.54 bits per heavy atom. The number of nitrogens with zero attached hydrogens (tertiary/aromatic N) is 5. The molecule has 0 aromatic carbocycles. The van der Waals surface area contributed by atoms with Crippen LogP contribution in [0.2, 0.25) is 0 Å². The Bertz CT molecular complexity index is 750. The number of pyridine rings is 1. The molecule has 0 spiro atoms. The molecule has 0 aliphatic carbocycles. The highest BCUT2D eigenvalue weighted by Crippen LogP contribution is 2.29. The second kappa shape index (κ2) is 7.85. The van der Waals surface area contributed by atoms with Gasteiger partial charge in [-0.05, 0) is 18.6 Å². The molecule has 0 radical (unpaired) electrons. The van der Waals surface area contributed by atoms with E-state index in [2.05, 4.69) is 27.0 Å². The number of piperazine rings is 1. The summed E-state index contributed by atoms with van der Waals surface area (Å²) in [6.07, 6.45) is 2.65. The molecule has 1 saturated heterocycles. The van der Waals surface area contributed by atoms with Crippen molar-refractivity contribution in [3.05, 3.63) is 24.2 Å². The van der Waals surface area contributed by atoms with E-state index < -0.39 is 0 Å². The number of carbonyl (C=O) groups is 1. The third-order valence-electron chi connectivity index (χ3n) is 4.88. The normalized spacial score (nSPS) is 16.2. The van der Waals surface area contributed by atoms with Gasteiger partial charge in [0.15, 0.2) is 0 Å². The number of hydrogen-bond donors (Lipinski definition) is 0. The lowest BCUT2D eigenvalue weighted by atomic mass is 10.1. The van der Waals surface area contributed by atoms with E-state index in [1.807, 2.05) is 37.8 Å². The average molecular weight is 357 g/mol. The van der Waals surface area contributed by atoms with Gasteiger partial charge in [-0.3, -0.25) is 4.79 Å². The first-order valence-corrected chi connectivity index (χ1v) is 9.33. The molecule has 2 aromatic rings. The Morgan fingerprint density at radius 2 is 1.92 bits per heavy atom. The lowest BCUT2D eigenvalue weighted by molar-refractivity contribution is -0.135. The first kappa shape index (κ1) is 18.4. The summed E-state index contributed by atoms with van der Waals surface area (Å²) in [6, 6.07) is 3.83. The first-order valence-electron chi connectivity index (χ1n) is 9.33. The highest BCUT2D eigenvalue weighted by Gasteiger charge is 2.26. The summed E-state index contributed by atoms with van der Waals surface area (Å²) in [4.78, 5) is 21.1. The highest BCUT2D eigenvalue weighted by atomic mass is 16.4. The van der Waals surface area contributed by atoms with Crippen LogP contribution in [0.15, 0.2) is 22.7 Å². The average Bonchev–Trinajstić information content (AvgIpc) is 3.17. The van der Waals surface area contributed by atoms with Crippen LogP contribution in [0.1, 0.15) is 45.9 Å². The Balaban J connectivity index is 1.76. The lowest BCUT2D eigenvalue weighted by Gasteiger charge is -2.37. The van der Waals surface area contributed by atoms with Crippen LogP contribution in [0.5, 0.6) is 0 Å². The van der Waals surface area contributed by atoms with Crippen LogP contribution in [0, 0.1) is 5.92 Å². The van der Waals surface area contributed by atoms with Crippen LogP contribution in [0.25, 0.3) is 11.5 Å². The summed E-state index contributed by atoms with van der Waals surface area (Å²) in [6.45, 7) is 11.0. The van der Waals surface area contributed by atoms with Gasteiger partial charge in [-0.1, -0.05) is 27.7 Å². The van der Waals surface area contributed by atoms with Gasteiger partial charge < -0.3 is 14.2 Å². The lowest BCUT2D eigenvalue weighted by Crippen LogP contribution is -2.50. The fourth-order valence-corrected chi connectivity index (χ4v) is 3.02. The number of aromatic nitrogens is 3. The Labute approximate surface area is 154 Å². The molecular weight excluding hydrogens is 330 g/mol. The van der Waals surface area contributed by atoms with E-state index in [0.29, 0.717) is 24.9 Å². The Morgan fingerprint density at radius 1 is 1.19 bits per heavy atom. The smallest absolute Gasteiger partial charge is 0.251 e. The Hall–Kier alpha value is -2.44. The molecule has 1 atom stereocenters. The van der Waals surface area contributed by atoms with E-state index in [1.54, 1.807) is 6.20 Å². The van der Waals surface area contributed by atoms with Crippen molar-refractivity contribution in [1.82, 2.24) is 20.1 Å². The van der Waals surface area contributed by atoms with Crippen LogP contribution in [-0.4, -0.2) is 52.2 Å². The fraction of sp³-hybridized carbons (Fsp3) is 0.579. The maximum absolute atomic E-state index is 12.4. The molecule has 3 heterocycles. The van der Waals surface area contributed by atoms with Gasteiger partial charge in [0.25, 0.3) is 5.89 Å². The van der Waals surface area contributed by atoms with Crippen LogP contribution in [-0.2, 0) is 4.79 Å². The topological polar surface area (TPSA) is 75.4 Å². The predicted molar refractivity (Wildman–Crippen MR) is 99.9 cm³/mol. The van der Waals surface area contributed by atoms with Crippen molar-refractivity contribution < 1.29 is 9.21 Å². The summed E-state index contributed by atoms with van der Waals surface area (Å²) in [5.74, 6) is 2.47. The molecule has 1 aliphatic heterocycles. The van der Waals surface area contributed by atoms with E-state index in [0.717, 1.165) is 30.9 Å². The minimum absolute atomic E-state index is 0.0832. The number of amides is 1. The molecule has 26 heavy (non-hydrogen) atoms.